The third-order valence-corrected chi connectivity index (χ3v) is 6.11. The molecular weight excluding hydrogens is 396 g/mol. The molecule has 28 heavy (non-hydrogen) atoms. The van der Waals surface area contributed by atoms with Crippen molar-refractivity contribution in [3.8, 4) is 0 Å². The molecule has 0 atom stereocenters. The summed E-state index contributed by atoms with van der Waals surface area (Å²) in [4.78, 5) is 25.3. The molecule has 3 rings (SSSR count). The number of hydrogen-bond donors (Lipinski definition) is 2. The van der Waals surface area contributed by atoms with E-state index in [2.05, 4.69) is 10.6 Å². The van der Waals surface area contributed by atoms with Crippen molar-refractivity contribution in [1.82, 2.24) is 0 Å². The van der Waals surface area contributed by atoms with Crippen LogP contribution in [0.1, 0.15) is 49.6 Å². The van der Waals surface area contributed by atoms with Gasteiger partial charge < -0.3 is 20.1 Å². The molecule has 0 aliphatic heterocycles. The van der Waals surface area contributed by atoms with Crippen LogP contribution in [0.5, 0.6) is 0 Å². The molecule has 0 amide bonds. The van der Waals surface area contributed by atoms with E-state index in [0.29, 0.717) is 26.9 Å². The maximum absolute atomic E-state index is 12.3. The number of anilines is 2. The van der Waals surface area contributed by atoms with Crippen LogP contribution in [0.4, 0.5) is 10.7 Å². The summed E-state index contributed by atoms with van der Waals surface area (Å²) >= 11 is 7.00. The molecule has 6 nitrogen and oxygen atoms in total. The van der Waals surface area contributed by atoms with Crippen molar-refractivity contribution in [2.24, 2.45) is 0 Å². The summed E-state index contributed by atoms with van der Waals surface area (Å²) < 4.78 is 9.76. The van der Waals surface area contributed by atoms with Crippen LogP contribution in [0, 0.1) is 6.92 Å². The SMILES string of the molecule is COC(=O)c1ccc(C)c(NC(=S)Nc2sc3c(c2C(=O)OC)CCCC3)c1. The Balaban J connectivity index is 1.83. The van der Waals surface area contributed by atoms with Gasteiger partial charge >= 0.3 is 11.9 Å². The van der Waals surface area contributed by atoms with Crippen molar-refractivity contribution >= 4 is 51.3 Å². The third-order valence-electron chi connectivity index (χ3n) is 4.69. The standard InChI is InChI=1S/C20H22N2O4S2/c1-11-8-9-12(18(23)25-2)10-14(11)21-20(27)22-17-16(19(24)26-3)13-6-4-5-7-15(13)28-17/h8-10H,4-7H2,1-3H3,(H2,21,22,27). The second-order valence-electron chi connectivity index (χ2n) is 6.51. The molecule has 0 bridgehead atoms. The first-order valence-electron chi connectivity index (χ1n) is 8.94. The number of thiophene rings is 1. The summed E-state index contributed by atoms with van der Waals surface area (Å²) in [5.74, 6) is -0.769. The fourth-order valence-corrected chi connectivity index (χ4v) is 4.79. The number of aryl methyl sites for hydroxylation is 2. The number of fused-ring (bicyclic) bond motifs is 1. The number of carbonyl (C=O) groups is 2. The lowest BCUT2D eigenvalue weighted by molar-refractivity contribution is 0.0592. The van der Waals surface area contributed by atoms with E-state index in [0.717, 1.165) is 36.8 Å². The van der Waals surface area contributed by atoms with E-state index in [1.807, 2.05) is 13.0 Å². The minimum Gasteiger partial charge on any atom is -0.465 e. The van der Waals surface area contributed by atoms with Crippen LogP contribution >= 0.6 is 23.6 Å². The van der Waals surface area contributed by atoms with Crippen LogP contribution in [0.15, 0.2) is 18.2 Å². The Kier molecular flexibility index (Phi) is 6.31. The Bertz CT molecular complexity index is 937. The van der Waals surface area contributed by atoms with Crippen molar-refractivity contribution in [2.45, 2.75) is 32.6 Å². The molecule has 1 aliphatic rings. The molecule has 1 aliphatic carbocycles. The number of rotatable bonds is 4. The quantitative estimate of drug-likeness (QED) is 0.566. The van der Waals surface area contributed by atoms with Gasteiger partial charge in [-0.05, 0) is 68.1 Å². The van der Waals surface area contributed by atoms with Gasteiger partial charge in [-0.3, -0.25) is 0 Å². The maximum Gasteiger partial charge on any atom is 0.341 e. The number of esters is 2. The highest BCUT2D eigenvalue weighted by Crippen LogP contribution is 2.38. The minimum absolute atomic E-state index is 0.342. The normalized spacial score (nSPS) is 12.7. The van der Waals surface area contributed by atoms with Gasteiger partial charge in [0.25, 0.3) is 0 Å². The van der Waals surface area contributed by atoms with Crippen LogP contribution < -0.4 is 10.6 Å². The first kappa shape index (κ1) is 20.3. The molecule has 0 spiro atoms. The summed E-state index contributed by atoms with van der Waals surface area (Å²) in [5, 5.41) is 7.29. The van der Waals surface area contributed by atoms with Crippen molar-refractivity contribution in [2.75, 3.05) is 24.9 Å². The molecule has 2 aromatic rings. The summed E-state index contributed by atoms with van der Waals surface area (Å²) in [7, 11) is 2.73. The molecule has 8 heteroatoms. The average Bonchev–Trinajstić information content (AvgIpc) is 3.06. The van der Waals surface area contributed by atoms with Crippen LogP contribution in [0.2, 0.25) is 0 Å². The van der Waals surface area contributed by atoms with E-state index in [9.17, 15) is 9.59 Å². The van der Waals surface area contributed by atoms with Gasteiger partial charge in [-0.15, -0.1) is 11.3 Å². The second-order valence-corrected chi connectivity index (χ2v) is 8.02. The summed E-state index contributed by atoms with van der Waals surface area (Å²) in [6.45, 7) is 1.91. The minimum atomic E-state index is -0.416. The van der Waals surface area contributed by atoms with Gasteiger partial charge in [0, 0.05) is 10.6 Å². The maximum atomic E-state index is 12.3. The molecule has 148 valence electrons. The van der Waals surface area contributed by atoms with Crippen molar-refractivity contribution < 1.29 is 19.1 Å². The molecule has 1 aromatic carbocycles. The number of nitrogens with one attached hydrogen (secondary N) is 2. The predicted molar refractivity (Wildman–Crippen MR) is 115 cm³/mol. The van der Waals surface area contributed by atoms with Crippen LogP contribution in [-0.2, 0) is 22.3 Å². The van der Waals surface area contributed by atoms with E-state index >= 15 is 0 Å². The number of ether oxygens (including phenoxy) is 2. The Morgan fingerprint density at radius 1 is 1.07 bits per heavy atom. The summed E-state index contributed by atoms with van der Waals surface area (Å²) in [6, 6.07) is 5.21. The van der Waals surface area contributed by atoms with Crippen LogP contribution in [0.25, 0.3) is 0 Å². The Hall–Kier alpha value is -2.45. The summed E-state index contributed by atoms with van der Waals surface area (Å²) in [6.07, 6.45) is 4.02. The molecule has 0 saturated carbocycles. The van der Waals surface area contributed by atoms with E-state index < -0.39 is 5.97 Å². The van der Waals surface area contributed by atoms with E-state index in [-0.39, 0.29) is 5.97 Å². The van der Waals surface area contributed by atoms with Gasteiger partial charge in [-0.1, -0.05) is 6.07 Å². The molecule has 1 aromatic heterocycles. The Labute approximate surface area is 173 Å². The Morgan fingerprint density at radius 3 is 2.50 bits per heavy atom. The van der Waals surface area contributed by atoms with Gasteiger partial charge in [0.2, 0.25) is 0 Å². The first-order chi connectivity index (χ1) is 13.4. The molecule has 0 unspecified atom stereocenters. The van der Waals surface area contributed by atoms with Crippen molar-refractivity contribution in [3.63, 3.8) is 0 Å². The predicted octanol–water partition coefficient (Wildman–Crippen LogP) is 4.32. The number of benzene rings is 1. The zero-order valence-electron chi connectivity index (χ0n) is 16.0. The van der Waals surface area contributed by atoms with Crippen LogP contribution in [-0.4, -0.2) is 31.3 Å². The molecule has 0 fully saturated rings. The first-order valence-corrected chi connectivity index (χ1v) is 10.2. The molecule has 2 N–H and O–H groups in total. The zero-order chi connectivity index (χ0) is 20.3. The molecular formula is C20H22N2O4S2. The molecule has 0 saturated heterocycles. The zero-order valence-corrected chi connectivity index (χ0v) is 17.6. The molecule has 0 radical (unpaired) electrons. The van der Waals surface area contributed by atoms with Crippen molar-refractivity contribution in [3.05, 3.63) is 45.3 Å². The molecule has 1 heterocycles. The highest BCUT2D eigenvalue weighted by atomic mass is 32.1. The van der Waals surface area contributed by atoms with E-state index in [4.69, 9.17) is 21.7 Å². The van der Waals surface area contributed by atoms with Crippen LogP contribution in [0.3, 0.4) is 0 Å². The summed E-state index contributed by atoms with van der Waals surface area (Å²) in [5.41, 5.74) is 3.70. The van der Waals surface area contributed by atoms with Gasteiger partial charge in [0.15, 0.2) is 5.11 Å². The fourth-order valence-electron chi connectivity index (χ4n) is 3.23. The number of carbonyl (C=O) groups excluding carboxylic acids is 2. The topological polar surface area (TPSA) is 76.7 Å². The highest BCUT2D eigenvalue weighted by Gasteiger charge is 2.26. The van der Waals surface area contributed by atoms with E-state index in [1.165, 1.54) is 19.1 Å². The van der Waals surface area contributed by atoms with Crippen molar-refractivity contribution in [1.29, 1.82) is 0 Å². The fraction of sp³-hybridized carbons (Fsp3) is 0.350. The second kappa shape index (κ2) is 8.70. The monoisotopic (exact) mass is 418 g/mol. The lowest BCUT2D eigenvalue weighted by Crippen LogP contribution is -2.21. The number of hydrogen-bond acceptors (Lipinski definition) is 6. The Morgan fingerprint density at radius 2 is 1.79 bits per heavy atom. The lowest BCUT2D eigenvalue weighted by Gasteiger charge is -2.14. The van der Waals surface area contributed by atoms with E-state index in [1.54, 1.807) is 23.5 Å². The largest absolute Gasteiger partial charge is 0.465 e. The van der Waals surface area contributed by atoms with Gasteiger partial charge in [-0.25, -0.2) is 9.59 Å². The van der Waals surface area contributed by atoms with Gasteiger partial charge in [-0.2, -0.15) is 0 Å². The van der Waals surface area contributed by atoms with Gasteiger partial charge in [0.1, 0.15) is 5.00 Å². The highest BCUT2D eigenvalue weighted by molar-refractivity contribution is 7.80. The smallest absolute Gasteiger partial charge is 0.341 e. The number of methoxy groups -OCH3 is 2. The number of thiocarbonyl (C=S) groups is 1. The lowest BCUT2D eigenvalue weighted by atomic mass is 9.95. The third kappa shape index (κ3) is 4.18. The average molecular weight is 419 g/mol. The van der Waals surface area contributed by atoms with Gasteiger partial charge in [0.05, 0.1) is 25.3 Å².